The van der Waals surface area contributed by atoms with Crippen LogP contribution in [0.15, 0.2) is 42.5 Å². The lowest BCUT2D eigenvalue weighted by molar-refractivity contribution is 0.102. The Morgan fingerprint density at radius 1 is 1.12 bits per heavy atom. The molecule has 2 aromatic rings. The third-order valence-electron chi connectivity index (χ3n) is 4.86. The molecule has 1 amide bonds. The predicted octanol–water partition coefficient (Wildman–Crippen LogP) is 4.31. The Morgan fingerprint density at radius 2 is 1.76 bits per heavy atom. The van der Waals surface area contributed by atoms with Gasteiger partial charge in [0.1, 0.15) is 0 Å². The zero-order valence-corrected chi connectivity index (χ0v) is 15.3. The van der Waals surface area contributed by atoms with Crippen molar-refractivity contribution in [1.82, 2.24) is 0 Å². The topological polar surface area (TPSA) is 58.4 Å². The van der Waals surface area contributed by atoms with Crippen LogP contribution in [0, 0.1) is 18.8 Å². The van der Waals surface area contributed by atoms with Gasteiger partial charge in [0.05, 0.1) is 11.4 Å². The summed E-state index contributed by atoms with van der Waals surface area (Å²) in [6, 6.07) is 13.2. The average Bonchev–Trinajstić information content (AvgIpc) is 2.57. The second-order valence-corrected chi connectivity index (χ2v) is 7.40. The van der Waals surface area contributed by atoms with Gasteiger partial charge in [0.25, 0.3) is 5.91 Å². The molecule has 132 valence electrons. The van der Waals surface area contributed by atoms with Crippen molar-refractivity contribution in [3.8, 4) is 0 Å². The molecule has 3 rings (SSSR count). The number of rotatable bonds is 3. The van der Waals surface area contributed by atoms with E-state index >= 15 is 0 Å². The average molecular weight is 337 g/mol. The quantitative estimate of drug-likeness (QED) is 0.821. The molecule has 0 aliphatic carbocycles. The van der Waals surface area contributed by atoms with Crippen molar-refractivity contribution in [1.29, 1.82) is 0 Å². The molecule has 1 saturated heterocycles. The molecule has 0 unspecified atom stereocenters. The Bertz CT molecular complexity index is 747. The van der Waals surface area contributed by atoms with Crippen molar-refractivity contribution in [3.63, 3.8) is 0 Å². The summed E-state index contributed by atoms with van der Waals surface area (Å²) in [6.07, 6.45) is 1.27. The zero-order valence-electron chi connectivity index (χ0n) is 15.3. The first-order valence-electron chi connectivity index (χ1n) is 8.95. The number of nitrogens with one attached hydrogen (secondary N) is 1. The number of carbonyl (C=O) groups excluding carboxylic acids is 1. The van der Waals surface area contributed by atoms with Crippen LogP contribution in [-0.4, -0.2) is 19.0 Å². The van der Waals surface area contributed by atoms with E-state index in [9.17, 15) is 4.79 Å². The number of amides is 1. The van der Waals surface area contributed by atoms with E-state index < -0.39 is 0 Å². The Hall–Kier alpha value is -2.49. The monoisotopic (exact) mass is 337 g/mol. The van der Waals surface area contributed by atoms with Crippen LogP contribution in [-0.2, 0) is 0 Å². The third kappa shape index (κ3) is 3.95. The first kappa shape index (κ1) is 17.3. The van der Waals surface area contributed by atoms with Gasteiger partial charge in [0, 0.05) is 24.3 Å². The first-order valence-corrected chi connectivity index (χ1v) is 8.95. The molecule has 1 heterocycles. The molecule has 4 heteroatoms. The molecule has 1 aliphatic heterocycles. The highest BCUT2D eigenvalue weighted by Gasteiger charge is 2.23. The van der Waals surface area contributed by atoms with Crippen molar-refractivity contribution in [3.05, 3.63) is 53.6 Å². The summed E-state index contributed by atoms with van der Waals surface area (Å²) < 4.78 is 0. The largest absolute Gasteiger partial charge is 0.397 e. The second-order valence-electron chi connectivity index (χ2n) is 7.40. The van der Waals surface area contributed by atoms with Crippen molar-refractivity contribution >= 4 is 23.0 Å². The number of nitrogen functional groups attached to an aromatic ring is 1. The summed E-state index contributed by atoms with van der Waals surface area (Å²) in [5.41, 5.74) is 10.4. The van der Waals surface area contributed by atoms with Gasteiger partial charge in [-0.2, -0.15) is 0 Å². The maximum absolute atomic E-state index is 12.5. The highest BCUT2D eigenvalue weighted by Crippen LogP contribution is 2.33. The van der Waals surface area contributed by atoms with E-state index in [-0.39, 0.29) is 5.91 Å². The molecule has 0 saturated carbocycles. The Balaban J connectivity index is 1.87. The molecular formula is C21H27N3O. The predicted molar refractivity (Wildman–Crippen MR) is 105 cm³/mol. The molecule has 0 radical (unpaired) electrons. The van der Waals surface area contributed by atoms with Gasteiger partial charge in [-0.25, -0.2) is 0 Å². The van der Waals surface area contributed by atoms with E-state index in [1.54, 1.807) is 12.1 Å². The summed E-state index contributed by atoms with van der Waals surface area (Å²) in [7, 11) is 0. The molecular weight excluding hydrogens is 310 g/mol. The van der Waals surface area contributed by atoms with Crippen LogP contribution in [0.2, 0.25) is 0 Å². The van der Waals surface area contributed by atoms with Crippen molar-refractivity contribution < 1.29 is 4.79 Å². The lowest BCUT2D eigenvalue weighted by atomic mass is 9.91. The van der Waals surface area contributed by atoms with Gasteiger partial charge < -0.3 is 16.0 Å². The minimum atomic E-state index is -0.137. The standard InChI is InChI=1S/C21H27N3O/c1-14-9-15(2)13-24(12-14)20-11-19(18(22)10-16(20)3)23-21(25)17-7-5-4-6-8-17/h4-8,10-11,14-15H,9,12-13,22H2,1-3H3,(H,23,25)/t14-,15-/m0/s1. The molecule has 0 aromatic heterocycles. The van der Waals surface area contributed by atoms with Crippen LogP contribution in [0.25, 0.3) is 0 Å². The van der Waals surface area contributed by atoms with Gasteiger partial charge in [0.15, 0.2) is 0 Å². The van der Waals surface area contributed by atoms with Gasteiger partial charge in [-0.05, 0) is 55.0 Å². The van der Waals surface area contributed by atoms with E-state index in [0.717, 1.165) is 24.3 Å². The van der Waals surface area contributed by atoms with Gasteiger partial charge in [-0.1, -0.05) is 32.0 Å². The van der Waals surface area contributed by atoms with Crippen LogP contribution in [0.5, 0.6) is 0 Å². The zero-order chi connectivity index (χ0) is 18.0. The van der Waals surface area contributed by atoms with E-state index in [1.807, 2.05) is 30.3 Å². The molecule has 1 aliphatic rings. The first-order chi connectivity index (χ1) is 11.9. The number of piperidine rings is 1. The summed E-state index contributed by atoms with van der Waals surface area (Å²) in [5, 5.41) is 2.97. The molecule has 0 spiro atoms. The summed E-state index contributed by atoms with van der Waals surface area (Å²) in [4.78, 5) is 14.9. The van der Waals surface area contributed by atoms with Crippen LogP contribution in [0.3, 0.4) is 0 Å². The summed E-state index contributed by atoms with van der Waals surface area (Å²) in [5.74, 6) is 1.20. The number of anilines is 3. The second kappa shape index (κ2) is 7.18. The molecule has 2 atom stereocenters. The normalized spacial score (nSPS) is 20.4. The maximum Gasteiger partial charge on any atom is 0.255 e. The van der Waals surface area contributed by atoms with Crippen LogP contribution < -0.4 is 16.0 Å². The number of hydrogen-bond donors (Lipinski definition) is 2. The molecule has 25 heavy (non-hydrogen) atoms. The highest BCUT2D eigenvalue weighted by molar-refractivity contribution is 6.06. The molecule has 2 aromatic carbocycles. The molecule has 4 nitrogen and oxygen atoms in total. The fourth-order valence-electron chi connectivity index (χ4n) is 3.81. The van der Waals surface area contributed by atoms with Gasteiger partial charge in [-0.15, -0.1) is 0 Å². The highest BCUT2D eigenvalue weighted by atomic mass is 16.1. The fourth-order valence-corrected chi connectivity index (χ4v) is 3.81. The van der Waals surface area contributed by atoms with Gasteiger partial charge in [0.2, 0.25) is 0 Å². The number of nitrogens with zero attached hydrogens (tertiary/aromatic N) is 1. The smallest absolute Gasteiger partial charge is 0.255 e. The minimum Gasteiger partial charge on any atom is -0.397 e. The maximum atomic E-state index is 12.5. The SMILES string of the molecule is Cc1cc(N)c(NC(=O)c2ccccc2)cc1N1C[C@@H](C)C[C@H](C)C1. The minimum absolute atomic E-state index is 0.137. The van der Waals surface area contributed by atoms with Crippen LogP contribution in [0.4, 0.5) is 17.1 Å². The van der Waals surface area contributed by atoms with E-state index in [2.05, 4.69) is 31.0 Å². The molecule has 3 N–H and O–H groups in total. The number of carbonyl (C=O) groups is 1. The summed E-state index contributed by atoms with van der Waals surface area (Å²) in [6.45, 7) is 8.77. The summed E-state index contributed by atoms with van der Waals surface area (Å²) >= 11 is 0. The van der Waals surface area contributed by atoms with E-state index in [4.69, 9.17) is 5.73 Å². The lowest BCUT2D eigenvalue weighted by Crippen LogP contribution is -2.39. The van der Waals surface area contributed by atoms with Gasteiger partial charge in [-0.3, -0.25) is 4.79 Å². The lowest BCUT2D eigenvalue weighted by Gasteiger charge is -2.37. The third-order valence-corrected chi connectivity index (χ3v) is 4.86. The van der Waals surface area contributed by atoms with E-state index in [0.29, 0.717) is 28.8 Å². The molecule has 0 bridgehead atoms. The number of benzene rings is 2. The molecule has 1 fully saturated rings. The van der Waals surface area contributed by atoms with Crippen LogP contribution >= 0.6 is 0 Å². The van der Waals surface area contributed by atoms with Crippen LogP contribution in [0.1, 0.15) is 36.2 Å². The van der Waals surface area contributed by atoms with Crippen molar-refractivity contribution in [2.45, 2.75) is 27.2 Å². The number of hydrogen-bond acceptors (Lipinski definition) is 3. The fraction of sp³-hybridized carbons (Fsp3) is 0.381. The Morgan fingerprint density at radius 3 is 2.40 bits per heavy atom. The van der Waals surface area contributed by atoms with Crippen molar-refractivity contribution in [2.24, 2.45) is 11.8 Å². The van der Waals surface area contributed by atoms with Crippen molar-refractivity contribution in [2.75, 3.05) is 29.0 Å². The number of aryl methyl sites for hydroxylation is 1. The number of nitrogens with two attached hydrogens (primary N) is 1. The van der Waals surface area contributed by atoms with E-state index in [1.165, 1.54) is 6.42 Å². The Kier molecular flexibility index (Phi) is 4.98. The van der Waals surface area contributed by atoms with Gasteiger partial charge >= 0.3 is 0 Å². The Labute approximate surface area is 150 Å².